The van der Waals surface area contributed by atoms with Crippen LogP contribution in [0.15, 0.2) is 12.1 Å². The van der Waals surface area contributed by atoms with Gasteiger partial charge in [0, 0.05) is 37.3 Å². The summed E-state index contributed by atoms with van der Waals surface area (Å²) in [5, 5.41) is 9.35. The number of nitrogens with zero attached hydrogens (tertiary/aromatic N) is 1. The van der Waals surface area contributed by atoms with Crippen molar-refractivity contribution in [1.82, 2.24) is 0 Å². The number of hydrogen-bond donors (Lipinski definition) is 2. The van der Waals surface area contributed by atoms with Gasteiger partial charge in [-0.2, -0.15) is 12.8 Å². The molecule has 1 aromatic carbocycles. The van der Waals surface area contributed by atoms with Gasteiger partial charge in [0.15, 0.2) is 16.9 Å². The maximum atomic E-state index is 13.9. The van der Waals surface area contributed by atoms with Crippen LogP contribution in [0.5, 0.6) is 11.5 Å². The van der Waals surface area contributed by atoms with E-state index >= 15 is 0 Å². The van der Waals surface area contributed by atoms with E-state index in [9.17, 15) is 17.9 Å². The second kappa shape index (κ2) is 7.61. The molecular weight excluding hydrogens is 317 g/mol. The lowest BCUT2D eigenvalue weighted by Crippen LogP contribution is -2.30. The molecule has 9 heteroatoms. The van der Waals surface area contributed by atoms with Crippen LogP contribution in [-0.2, 0) is 10.1 Å². The van der Waals surface area contributed by atoms with Crippen molar-refractivity contribution in [3.8, 4) is 11.5 Å². The molecule has 22 heavy (non-hydrogen) atoms. The van der Waals surface area contributed by atoms with Gasteiger partial charge in [-0.25, -0.2) is 0 Å². The van der Waals surface area contributed by atoms with Crippen LogP contribution >= 0.6 is 0 Å². The van der Waals surface area contributed by atoms with Crippen molar-refractivity contribution in [2.45, 2.75) is 18.8 Å². The number of methoxy groups -OCH3 is 2. The van der Waals surface area contributed by atoms with Gasteiger partial charge in [-0.05, 0) is 6.92 Å². The summed E-state index contributed by atoms with van der Waals surface area (Å²) in [5.41, 5.74) is -1.33. The summed E-state index contributed by atoms with van der Waals surface area (Å²) in [6.07, 6.45) is -0.200. The minimum Gasteiger partial charge on any atom is -0.493 e. The molecule has 0 bridgehead atoms. The summed E-state index contributed by atoms with van der Waals surface area (Å²) in [5.74, 6) is -0.658. The van der Waals surface area contributed by atoms with E-state index in [-0.39, 0.29) is 24.5 Å². The Morgan fingerprint density at radius 2 is 1.77 bits per heavy atom. The number of benzene rings is 1. The normalized spacial score (nSPS) is 12.8. The van der Waals surface area contributed by atoms with Gasteiger partial charge in [-0.15, -0.1) is 0 Å². The largest absolute Gasteiger partial charge is 0.493 e. The zero-order valence-corrected chi connectivity index (χ0v) is 13.4. The summed E-state index contributed by atoms with van der Waals surface area (Å²) < 4.78 is 54.1. The molecule has 1 aromatic rings. The average molecular weight is 337 g/mol. The molecule has 0 amide bonds. The molecule has 1 rings (SSSR count). The second-order valence-corrected chi connectivity index (χ2v) is 6.08. The molecule has 0 aliphatic rings. The topological polar surface area (TPSA) is 96.3 Å². The lowest BCUT2D eigenvalue weighted by molar-refractivity contribution is 0.225. The highest BCUT2D eigenvalue weighted by molar-refractivity contribution is 7.86. The predicted molar refractivity (Wildman–Crippen MR) is 79.6 cm³/mol. The van der Waals surface area contributed by atoms with Crippen molar-refractivity contribution in [3.63, 3.8) is 0 Å². The molecule has 0 spiro atoms. The molecule has 0 fully saturated rings. The molecule has 1 atom stereocenters. The van der Waals surface area contributed by atoms with E-state index in [4.69, 9.17) is 14.0 Å². The summed E-state index contributed by atoms with van der Waals surface area (Å²) in [6, 6.07) is 2.89. The Kier molecular flexibility index (Phi) is 6.39. The van der Waals surface area contributed by atoms with Gasteiger partial charge in [0.25, 0.3) is 10.1 Å². The fraction of sp³-hybridized carbons (Fsp3) is 0.538. The van der Waals surface area contributed by atoms with Crippen molar-refractivity contribution in [2.75, 3.05) is 32.2 Å². The van der Waals surface area contributed by atoms with Gasteiger partial charge in [0.2, 0.25) is 5.82 Å². The Morgan fingerprint density at radius 1 is 1.27 bits per heavy atom. The van der Waals surface area contributed by atoms with Gasteiger partial charge in [-0.3, -0.25) is 4.55 Å². The molecule has 0 radical (unpaired) electrons. The third kappa shape index (κ3) is 4.46. The molecule has 126 valence electrons. The number of aliphatic hydroxyl groups excluding tert-OH is 1. The SMILES string of the molecule is CCN(CCC(O)S(=O)(=O)O)c1cc(OC)c(F)c(OC)c1. The first kappa shape index (κ1) is 18.5. The highest BCUT2D eigenvalue weighted by Crippen LogP contribution is 2.33. The van der Waals surface area contributed by atoms with E-state index < -0.39 is 21.4 Å². The maximum Gasteiger partial charge on any atom is 0.292 e. The number of ether oxygens (including phenoxy) is 2. The molecule has 0 saturated carbocycles. The number of rotatable bonds is 8. The fourth-order valence-electron chi connectivity index (χ4n) is 1.92. The number of anilines is 1. The van der Waals surface area contributed by atoms with E-state index in [1.54, 1.807) is 4.90 Å². The van der Waals surface area contributed by atoms with Crippen LogP contribution in [-0.4, -0.2) is 50.8 Å². The van der Waals surface area contributed by atoms with Crippen LogP contribution in [0.3, 0.4) is 0 Å². The Morgan fingerprint density at radius 3 is 2.14 bits per heavy atom. The maximum absolute atomic E-state index is 13.9. The minimum atomic E-state index is -4.50. The van der Waals surface area contributed by atoms with E-state index in [2.05, 4.69) is 0 Å². The van der Waals surface area contributed by atoms with Crippen molar-refractivity contribution >= 4 is 15.8 Å². The van der Waals surface area contributed by atoms with Crippen molar-refractivity contribution in [2.24, 2.45) is 0 Å². The zero-order chi connectivity index (χ0) is 16.9. The van der Waals surface area contributed by atoms with Crippen LogP contribution in [0.1, 0.15) is 13.3 Å². The van der Waals surface area contributed by atoms with E-state index in [1.807, 2.05) is 6.92 Å². The molecule has 0 aliphatic heterocycles. The molecule has 0 aliphatic carbocycles. The van der Waals surface area contributed by atoms with E-state index in [1.165, 1.54) is 26.4 Å². The van der Waals surface area contributed by atoms with Gasteiger partial charge < -0.3 is 19.5 Å². The quantitative estimate of drug-likeness (QED) is 0.690. The fourth-order valence-corrected chi connectivity index (χ4v) is 2.33. The first-order chi connectivity index (χ1) is 10.2. The molecule has 1 unspecified atom stereocenters. The average Bonchev–Trinajstić information content (AvgIpc) is 2.47. The Hall–Kier alpha value is -1.58. The predicted octanol–water partition coefficient (Wildman–Crippen LogP) is 1.27. The minimum absolute atomic E-state index is 0.0110. The van der Waals surface area contributed by atoms with Crippen molar-refractivity contribution in [3.05, 3.63) is 17.9 Å². The van der Waals surface area contributed by atoms with Gasteiger partial charge in [0.1, 0.15) is 0 Å². The summed E-state index contributed by atoms with van der Waals surface area (Å²) in [7, 11) is -1.86. The molecule has 0 heterocycles. The number of hydrogen-bond acceptors (Lipinski definition) is 6. The van der Waals surface area contributed by atoms with Crippen molar-refractivity contribution in [1.29, 1.82) is 0 Å². The third-order valence-electron chi connectivity index (χ3n) is 3.17. The second-order valence-electron chi connectivity index (χ2n) is 4.50. The van der Waals surface area contributed by atoms with Gasteiger partial charge >= 0.3 is 0 Å². The third-order valence-corrected chi connectivity index (χ3v) is 4.09. The van der Waals surface area contributed by atoms with Crippen LogP contribution in [0.2, 0.25) is 0 Å². The highest BCUT2D eigenvalue weighted by Gasteiger charge is 2.21. The van der Waals surface area contributed by atoms with Crippen molar-refractivity contribution < 1.29 is 31.9 Å². The van der Waals surface area contributed by atoms with Crippen LogP contribution in [0.25, 0.3) is 0 Å². The lowest BCUT2D eigenvalue weighted by atomic mass is 10.2. The molecule has 7 nitrogen and oxygen atoms in total. The first-order valence-electron chi connectivity index (χ1n) is 6.55. The summed E-state index contributed by atoms with van der Waals surface area (Å²) >= 11 is 0. The van der Waals surface area contributed by atoms with Gasteiger partial charge in [0.05, 0.1) is 14.2 Å². The number of halogens is 1. The highest BCUT2D eigenvalue weighted by atomic mass is 32.2. The smallest absolute Gasteiger partial charge is 0.292 e. The summed E-state index contributed by atoms with van der Waals surface area (Å²) in [6.45, 7) is 2.41. The van der Waals surface area contributed by atoms with Crippen LogP contribution in [0.4, 0.5) is 10.1 Å². The Labute approximate surface area is 129 Å². The lowest BCUT2D eigenvalue weighted by Gasteiger charge is -2.25. The molecule has 2 N–H and O–H groups in total. The zero-order valence-electron chi connectivity index (χ0n) is 12.6. The monoisotopic (exact) mass is 337 g/mol. The van der Waals surface area contributed by atoms with Crippen LogP contribution < -0.4 is 14.4 Å². The van der Waals surface area contributed by atoms with Gasteiger partial charge in [-0.1, -0.05) is 0 Å². The molecular formula is C13H20FNO6S. The van der Waals surface area contributed by atoms with Crippen LogP contribution in [0, 0.1) is 5.82 Å². The molecule has 0 aromatic heterocycles. The van der Waals surface area contributed by atoms with E-state index in [0.29, 0.717) is 12.2 Å². The Bertz CT molecular complexity index is 582. The van der Waals surface area contributed by atoms with E-state index in [0.717, 1.165) is 0 Å². The first-order valence-corrected chi connectivity index (χ1v) is 8.05. The Balaban J connectivity index is 3.00. The molecule has 0 saturated heterocycles. The summed E-state index contributed by atoms with van der Waals surface area (Å²) in [4.78, 5) is 1.69. The number of aliphatic hydroxyl groups is 1. The standard InChI is InChI=1S/C13H20FNO6S/c1-4-15(6-5-12(16)22(17,18)19)9-7-10(20-2)13(14)11(8-9)21-3/h7-8,12,16H,4-6H2,1-3H3,(H,17,18,19).